The van der Waals surface area contributed by atoms with E-state index in [4.69, 9.17) is 18.9 Å². The zero-order chi connectivity index (χ0) is 15.0. The highest BCUT2D eigenvalue weighted by atomic mass is 16.7. The first-order valence-corrected chi connectivity index (χ1v) is 6.69. The molecule has 1 N–H and O–H groups in total. The quantitative estimate of drug-likeness (QED) is 0.705. The van der Waals surface area contributed by atoms with Gasteiger partial charge in [-0.3, -0.25) is 0 Å². The van der Waals surface area contributed by atoms with Crippen molar-refractivity contribution < 1.29 is 18.9 Å². The molecule has 5 heteroatoms. The lowest BCUT2D eigenvalue weighted by atomic mass is 10.1. The summed E-state index contributed by atoms with van der Waals surface area (Å²) >= 11 is 0. The molecule has 0 aliphatic carbocycles. The number of rotatable bonds is 9. The van der Waals surface area contributed by atoms with Gasteiger partial charge in [-0.25, -0.2) is 0 Å². The predicted octanol–water partition coefficient (Wildman–Crippen LogP) is 2.43. The van der Waals surface area contributed by atoms with Crippen LogP contribution in [-0.4, -0.2) is 34.7 Å². The van der Waals surface area contributed by atoms with Crippen molar-refractivity contribution in [2.75, 3.05) is 34.7 Å². The minimum Gasteiger partial charge on any atom is -0.493 e. The Balaban J connectivity index is 2.87. The van der Waals surface area contributed by atoms with Gasteiger partial charge in [-0.15, -0.1) is 0 Å². The molecule has 1 aromatic carbocycles. The Morgan fingerprint density at radius 3 is 2.10 bits per heavy atom. The Morgan fingerprint density at radius 2 is 1.65 bits per heavy atom. The maximum absolute atomic E-state index is 5.50. The summed E-state index contributed by atoms with van der Waals surface area (Å²) in [6.45, 7) is 6.23. The summed E-state index contributed by atoms with van der Waals surface area (Å²) in [6.07, 6.45) is 0. The van der Waals surface area contributed by atoms with Crippen LogP contribution >= 0.6 is 0 Å². The largest absolute Gasteiger partial charge is 0.493 e. The Bertz CT molecular complexity index is 382. The van der Waals surface area contributed by atoms with E-state index in [0.717, 1.165) is 18.7 Å². The smallest absolute Gasteiger partial charge is 0.206 e. The molecule has 1 rings (SSSR count). The third kappa shape index (κ3) is 4.90. The zero-order valence-electron chi connectivity index (χ0n) is 13.0. The molecule has 20 heavy (non-hydrogen) atoms. The first kappa shape index (κ1) is 16.6. The minimum atomic E-state index is 0.150. The normalized spacial score (nSPS) is 10.7. The number of nitrogens with one attached hydrogen (secondary N) is 1. The molecule has 0 radical (unpaired) electrons. The van der Waals surface area contributed by atoms with Gasteiger partial charge in [0.1, 0.15) is 0 Å². The van der Waals surface area contributed by atoms with Gasteiger partial charge in [-0.2, -0.15) is 0 Å². The zero-order valence-corrected chi connectivity index (χ0v) is 13.0. The van der Waals surface area contributed by atoms with Crippen molar-refractivity contribution >= 4 is 0 Å². The van der Waals surface area contributed by atoms with E-state index in [1.165, 1.54) is 0 Å². The average Bonchev–Trinajstić information content (AvgIpc) is 2.44. The molecule has 114 valence electrons. The van der Waals surface area contributed by atoms with Gasteiger partial charge in [0.05, 0.1) is 14.2 Å². The van der Waals surface area contributed by atoms with Crippen molar-refractivity contribution in [1.29, 1.82) is 0 Å². The molecule has 0 bridgehead atoms. The average molecular weight is 283 g/mol. The van der Waals surface area contributed by atoms with Crippen LogP contribution in [0.4, 0.5) is 0 Å². The van der Waals surface area contributed by atoms with Crippen LogP contribution in [0.3, 0.4) is 0 Å². The van der Waals surface area contributed by atoms with Crippen LogP contribution in [0, 0.1) is 5.92 Å². The van der Waals surface area contributed by atoms with E-state index in [0.29, 0.717) is 23.2 Å². The molecule has 0 unspecified atom stereocenters. The summed E-state index contributed by atoms with van der Waals surface area (Å²) in [6, 6.07) is 3.89. The second-order valence-corrected chi connectivity index (χ2v) is 4.91. The van der Waals surface area contributed by atoms with E-state index in [2.05, 4.69) is 19.2 Å². The van der Waals surface area contributed by atoms with Gasteiger partial charge in [-0.05, 0) is 30.2 Å². The van der Waals surface area contributed by atoms with Gasteiger partial charge in [0.2, 0.25) is 5.75 Å². The molecular weight excluding hydrogens is 258 g/mol. The van der Waals surface area contributed by atoms with Gasteiger partial charge < -0.3 is 24.3 Å². The van der Waals surface area contributed by atoms with Crippen LogP contribution in [0.1, 0.15) is 19.4 Å². The SMILES string of the molecule is COCOc1c(OC)cc(CNCC(C)C)cc1OC. The molecule has 0 heterocycles. The Hall–Kier alpha value is -1.46. The van der Waals surface area contributed by atoms with Crippen LogP contribution in [0.25, 0.3) is 0 Å². The number of hydrogen-bond donors (Lipinski definition) is 1. The van der Waals surface area contributed by atoms with Gasteiger partial charge in [0.25, 0.3) is 0 Å². The molecule has 0 saturated heterocycles. The summed E-state index contributed by atoms with van der Waals surface area (Å²) in [5.74, 6) is 2.46. The highest BCUT2D eigenvalue weighted by molar-refractivity contribution is 5.53. The monoisotopic (exact) mass is 283 g/mol. The molecule has 0 aliphatic heterocycles. The van der Waals surface area contributed by atoms with Crippen LogP contribution in [-0.2, 0) is 11.3 Å². The number of hydrogen-bond acceptors (Lipinski definition) is 5. The fourth-order valence-electron chi connectivity index (χ4n) is 1.80. The molecule has 0 saturated carbocycles. The van der Waals surface area contributed by atoms with Crippen LogP contribution in [0.2, 0.25) is 0 Å². The molecule has 5 nitrogen and oxygen atoms in total. The second kappa shape index (κ2) is 8.66. The summed E-state index contributed by atoms with van der Waals surface area (Å²) in [5, 5.41) is 3.39. The van der Waals surface area contributed by atoms with Crippen molar-refractivity contribution in [3.05, 3.63) is 17.7 Å². The first-order chi connectivity index (χ1) is 9.62. The molecule has 1 aromatic rings. The summed E-state index contributed by atoms with van der Waals surface area (Å²) < 4.78 is 21.2. The van der Waals surface area contributed by atoms with E-state index >= 15 is 0 Å². The molecule has 0 spiro atoms. The van der Waals surface area contributed by atoms with Crippen LogP contribution in [0.15, 0.2) is 12.1 Å². The highest BCUT2D eigenvalue weighted by Crippen LogP contribution is 2.38. The topological polar surface area (TPSA) is 49.0 Å². The summed E-state index contributed by atoms with van der Waals surface area (Å²) in [5.41, 5.74) is 1.09. The number of methoxy groups -OCH3 is 3. The predicted molar refractivity (Wildman–Crippen MR) is 78.6 cm³/mol. The molecule has 0 fully saturated rings. The van der Waals surface area contributed by atoms with Crippen molar-refractivity contribution in [1.82, 2.24) is 5.32 Å². The van der Waals surface area contributed by atoms with Crippen molar-refractivity contribution in [3.63, 3.8) is 0 Å². The van der Waals surface area contributed by atoms with Crippen LogP contribution in [0.5, 0.6) is 17.2 Å². The maximum atomic E-state index is 5.50. The Kier molecular flexibility index (Phi) is 7.18. The lowest BCUT2D eigenvalue weighted by Gasteiger charge is -2.16. The highest BCUT2D eigenvalue weighted by Gasteiger charge is 2.14. The Labute approximate surface area is 121 Å². The third-order valence-corrected chi connectivity index (χ3v) is 2.72. The van der Waals surface area contributed by atoms with E-state index in [1.54, 1.807) is 21.3 Å². The number of benzene rings is 1. The fourth-order valence-corrected chi connectivity index (χ4v) is 1.80. The van der Waals surface area contributed by atoms with Gasteiger partial charge in [0.15, 0.2) is 18.3 Å². The van der Waals surface area contributed by atoms with Crippen molar-refractivity contribution in [2.45, 2.75) is 20.4 Å². The maximum Gasteiger partial charge on any atom is 0.206 e. The standard InChI is InChI=1S/C15H25NO4/c1-11(2)8-16-9-12-6-13(18-4)15(20-10-17-3)14(7-12)19-5/h6-7,11,16H,8-10H2,1-5H3. The molecule has 0 aliphatic rings. The molecule has 0 atom stereocenters. The van der Waals surface area contributed by atoms with Gasteiger partial charge >= 0.3 is 0 Å². The second-order valence-electron chi connectivity index (χ2n) is 4.91. The summed E-state index contributed by atoms with van der Waals surface area (Å²) in [7, 11) is 4.79. The summed E-state index contributed by atoms with van der Waals surface area (Å²) in [4.78, 5) is 0. The van der Waals surface area contributed by atoms with E-state index < -0.39 is 0 Å². The Morgan fingerprint density at radius 1 is 1.05 bits per heavy atom. The first-order valence-electron chi connectivity index (χ1n) is 6.69. The van der Waals surface area contributed by atoms with Crippen LogP contribution < -0.4 is 19.5 Å². The third-order valence-electron chi connectivity index (χ3n) is 2.72. The molecule has 0 amide bonds. The van der Waals surface area contributed by atoms with E-state index in [1.807, 2.05) is 12.1 Å². The molecule has 0 aromatic heterocycles. The van der Waals surface area contributed by atoms with Crippen molar-refractivity contribution in [3.8, 4) is 17.2 Å². The lowest BCUT2D eigenvalue weighted by molar-refractivity contribution is 0.0471. The fraction of sp³-hybridized carbons (Fsp3) is 0.600. The number of ether oxygens (including phenoxy) is 4. The lowest BCUT2D eigenvalue weighted by Crippen LogP contribution is -2.19. The van der Waals surface area contributed by atoms with Gasteiger partial charge in [0, 0.05) is 13.7 Å². The van der Waals surface area contributed by atoms with Crippen molar-refractivity contribution in [2.24, 2.45) is 5.92 Å². The minimum absolute atomic E-state index is 0.150. The van der Waals surface area contributed by atoms with E-state index in [-0.39, 0.29) is 6.79 Å². The molecular formula is C15H25NO4. The van der Waals surface area contributed by atoms with Gasteiger partial charge in [-0.1, -0.05) is 13.8 Å². The van der Waals surface area contributed by atoms with E-state index in [9.17, 15) is 0 Å².